The Hall–Kier alpha value is -2.70. The van der Waals surface area contributed by atoms with Gasteiger partial charge in [-0.2, -0.15) is 0 Å². The normalized spacial score (nSPS) is 10.6. The van der Waals surface area contributed by atoms with Crippen molar-refractivity contribution in [1.29, 1.82) is 0 Å². The van der Waals surface area contributed by atoms with Crippen molar-refractivity contribution in [3.05, 3.63) is 59.7 Å². The number of carbonyl (C=O) groups is 2. The monoisotopic (exact) mass is 424 g/mol. The molecular formula is C25H36N4O2. The van der Waals surface area contributed by atoms with E-state index in [0.717, 1.165) is 67.4 Å². The fourth-order valence-electron chi connectivity index (χ4n) is 3.31. The average molecular weight is 425 g/mol. The lowest BCUT2D eigenvalue weighted by Crippen LogP contribution is -2.11. The highest BCUT2D eigenvalue weighted by Gasteiger charge is 2.05. The summed E-state index contributed by atoms with van der Waals surface area (Å²) >= 11 is 0. The lowest BCUT2D eigenvalue weighted by molar-refractivity contribution is -0.117. The fraction of sp³-hybridized carbons (Fsp3) is 0.440. The van der Waals surface area contributed by atoms with E-state index in [1.165, 1.54) is 0 Å². The minimum Gasteiger partial charge on any atom is -0.330 e. The maximum atomic E-state index is 12.0. The molecule has 2 aromatic rings. The molecule has 0 spiro atoms. The van der Waals surface area contributed by atoms with Crippen LogP contribution < -0.4 is 22.1 Å². The molecule has 2 amide bonds. The Kier molecular flexibility index (Phi) is 11.4. The molecule has 0 aromatic heterocycles. The Labute approximate surface area is 185 Å². The molecule has 6 heteroatoms. The highest BCUT2D eigenvalue weighted by atomic mass is 16.2. The van der Waals surface area contributed by atoms with Crippen LogP contribution in [0.4, 0.5) is 11.4 Å². The highest BCUT2D eigenvalue weighted by Crippen LogP contribution is 2.17. The quantitative estimate of drug-likeness (QED) is 0.341. The van der Waals surface area contributed by atoms with Crippen LogP contribution >= 0.6 is 0 Å². The first-order chi connectivity index (χ1) is 15.1. The van der Waals surface area contributed by atoms with Crippen LogP contribution in [0.15, 0.2) is 48.5 Å². The Balaban J connectivity index is 1.76. The highest BCUT2D eigenvalue weighted by molar-refractivity contribution is 5.91. The number of amides is 2. The van der Waals surface area contributed by atoms with E-state index in [2.05, 4.69) is 10.6 Å². The van der Waals surface area contributed by atoms with Gasteiger partial charge in [-0.25, -0.2) is 0 Å². The summed E-state index contributed by atoms with van der Waals surface area (Å²) in [5, 5.41) is 5.88. The van der Waals surface area contributed by atoms with E-state index in [-0.39, 0.29) is 11.8 Å². The van der Waals surface area contributed by atoms with Crippen LogP contribution in [0.5, 0.6) is 0 Å². The molecule has 0 fully saturated rings. The van der Waals surface area contributed by atoms with Crippen LogP contribution in [0.25, 0.3) is 0 Å². The van der Waals surface area contributed by atoms with Crippen LogP contribution in [0.2, 0.25) is 0 Å². The van der Waals surface area contributed by atoms with Gasteiger partial charge in [0.2, 0.25) is 11.8 Å². The molecule has 168 valence electrons. The summed E-state index contributed by atoms with van der Waals surface area (Å²) in [7, 11) is 0. The Morgan fingerprint density at radius 3 is 1.32 bits per heavy atom. The number of hydrogen-bond acceptors (Lipinski definition) is 4. The molecule has 0 saturated heterocycles. The average Bonchev–Trinajstić information content (AvgIpc) is 2.77. The second-order valence-corrected chi connectivity index (χ2v) is 7.87. The zero-order valence-corrected chi connectivity index (χ0v) is 18.4. The first kappa shape index (κ1) is 24.6. The molecule has 0 heterocycles. The number of unbranched alkanes of at least 4 members (excludes halogenated alkanes) is 4. The maximum absolute atomic E-state index is 12.0. The number of nitrogens with one attached hydrogen (secondary N) is 2. The van der Waals surface area contributed by atoms with Gasteiger partial charge in [-0.05, 0) is 80.6 Å². The third-order valence-corrected chi connectivity index (χ3v) is 5.10. The molecule has 0 atom stereocenters. The molecule has 2 aromatic carbocycles. The van der Waals surface area contributed by atoms with Crippen LogP contribution in [0, 0.1) is 0 Å². The van der Waals surface area contributed by atoms with Crippen molar-refractivity contribution in [3.8, 4) is 0 Å². The van der Waals surface area contributed by atoms with Gasteiger partial charge in [-0.1, -0.05) is 37.1 Å². The largest absolute Gasteiger partial charge is 0.330 e. The molecule has 6 N–H and O–H groups in total. The van der Waals surface area contributed by atoms with Crippen molar-refractivity contribution in [2.75, 3.05) is 23.7 Å². The summed E-state index contributed by atoms with van der Waals surface area (Å²) < 4.78 is 0. The molecule has 0 bridgehead atoms. The summed E-state index contributed by atoms with van der Waals surface area (Å²) in [6.07, 6.45) is 7.48. The van der Waals surface area contributed by atoms with E-state index >= 15 is 0 Å². The van der Waals surface area contributed by atoms with Gasteiger partial charge in [-0.3, -0.25) is 9.59 Å². The molecule has 0 radical (unpaired) electrons. The number of nitrogens with two attached hydrogens (primary N) is 2. The minimum atomic E-state index is 0.0433. The molecule has 0 aliphatic heterocycles. The third-order valence-electron chi connectivity index (χ3n) is 5.10. The number of rotatable bonds is 14. The lowest BCUT2D eigenvalue weighted by Gasteiger charge is -2.08. The summed E-state index contributed by atoms with van der Waals surface area (Å²) in [6.45, 7) is 1.35. The Morgan fingerprint density at radius 1 is 0.581 bits per heavy atom. The molecule has 0 saturated carbocycles. The summed E-state index contributed by atoms with van der Waals surface area (Å²) in [6, 6.07) is 15.9. The van der Waals surface area contributed by atoms with Crippen LogP contribution in [-0.2, 0) is 16.0 Å². The van der Waals surface area contributed by atoms with Crippen molar-refractivity contribution in [3.63, 3.8) is 0 Å². The van der Waals surface area contributed by atoms with Crippen molar-refractivity contribution < 1.29 is 9.59 Å². The van der Waals surface area contributed by atoms with Gasteiger partial charge >= 0.3 is 0 Å². The molecule has 6 nitrogen and oxygen atoms in total. The molecule has 0 aliphatic carbocycles. The van der Waals surface area contributed by atoms with Crippen LogP contribution in [-0.4, -0.2) is 24.9 Å². The molecule has 31 heavy (non-hydrogen) atoms. The zero-order chi connectivity index (χ0) is 22.3. The second-order valence-electron chi connectivity index (χ2n) is 7.87. The van der Waals surface area contributed by atoms with E-state index in [0.29, 0.717) is 25.9 Å². The van der Waals surface area contributed by atoms with Gasteiger partial charge in [-0.15, -0.1) is 0 Å². The SMILES string of the molecule is NCCCCCC(=O)Nc1ccc(Cc2ccc(NC(=O)CCCCCN)cc2)cc1. The van der Waals surface area contributed by atoms with Crippen molar-refractivity contribution in [2.45, 2.75) is 57.8 Å². The summed E-state index contributed by atoms with van der Waals surface area (Å²) in [4.78, 5) is 23.9. The van der Waals surface area contributed by atoms with Gasteiger partial charge in [0.1, 0.15) is 0 Å². The Morgan fingerprint density at radius 2 is 0.968 bits per heavy atom. The van der Waals surface area contributed by atoms with Crippen LogP contribution in [0.1, 0.15) is 62.5 Å². The second kappa shape index (κ2) is 14.3. The molecule has 2 rings (SSSR count). The topological polar surface area (TPSA) is 110 Å². The summed E-state index contributed by atoms with van der Waals surface area (Å²) in [5.74, 6) is 0.0866. The first-order valence-corrected chi connectivity index (χ1v) is 11.3. The standard InChI is InChI=1S/C25H36N4O2/c26-17-5-1-3-7-24(30)28-22-13-9-20(10-14-22)19-21-11-15-23(16-12-21)29-25(31)8-4-2-6-18-27/h9-16H,1-8,17-19,26-27H2,(H,28,30)(H,29,31). The van der Waals surface area contributed by atoms with E-state index in [1.807, 2.05) is 48.5 Å². The van der Waals surface area contributed by atoms with Crippen molar-refractivity contribution >= 4 is 23.2 Å². The van der Waals surface area contributed by atoms with E-state index in [1.54, 1.807) is 0 Å². The number of benzene rings is 2. The molecular weight excluding hydrogens is 388 g/mol. The van der Waals surface area contributed by atoms with Gasteiger partial charge < -0.3 is 22.1 Å². The van der Waals surface area contributed by atoms with E-state index < -0.39 is 0 Å². The fourth-order valence-corrected chi connectivity index (χ4v) is 3.31. The van der Waals surface area contributed by atoms with Crippen LogP contribution in [0.3, 0.4) is 0 Å². The maximum Gasteiger partial charge on any atom is 0.224 e. The van der Waals surface area contributed by atoms with Gasteiger partial charge in [0.15, 0.2) is 0 Å². The number of hydrogen-bond donors (Lipinski definition) is 4. The minimum absolute atomic E-state index is 0.0433. The predicted molar refractivity (Wildman–Crippen MR) is 128 cm³/mol. The van der Waals surface area contributed by atoms with E-state index in [4.69, 9.17) is 11.5 Å². The summed E-state index contributed by atoms with van der Waals surface area (Å²) in [5.41, 5.74) is 14.9. The van der Waals surface area contributed by atoms with Crippen molar-refractivity contribution in [1.82, 2.24) is 0 Å². The molecule has 0 aliphatic rings. The third kappa shape index (κ3) is 10.2. The van der Waals surface area contributed by atoms with Crippen molar-refractivity contribution in [2.24, 2.45) is 11.5 Å². The first-order valence-electron chi connectivity index (χ1n) is 11.3. The number of anilines is 2. The molecule has 0 unspecified atom stereocenters. The van der Waals surface area contributed by atoms with Gasteiger partial charge in [0.05, 0.1) is 0 Å². The zero-order valence-electron chi connectivity index (χ0n) is 18.4. The number of carbonyl (C=O) groups excluding carboxylic acids is 2. The lowest BCUT2D eigenvalue weighted by atomic mass is 10.0. The predicted octanol–water partition coefficient (Wildman–Crippen LogP) is 4.19. The smallest absolute Gasteiger partial charge is 0.224 e. The van der Waals surface area contributed by atoms with E-state index in [9.17, 15) is 9.59 Å². The van der Waals surface area contributed by atoms with Gasteiger partial charge in [0.25, 0.3) is 0 Å². The van der Waals surface area contributed by atoms with Gasteiger partial charge in [0, 0.05) is 24.2 Å². The Bertz CT molecular complexity index is 721.